The first kappa shape index (κ1) is 15.4. The van der Waals surface area contributed by atoms with Crippen molar-refractivity contribution in [3.8, 4) is 17.3 Å². The Hall–Kier alpha value is -2.03. The number of nitrogens with zero attached hydrogens (tertiary/aromatic N) is 2. The molecular weight excluding hydrogens is 311 g/mol. The molecule has 0 aliphatic heterocycles. The topological polar surface area (TPSA) is 81.6 Å². The van der Waals surface area contributed by atoms with Crippen molar-refractivity contribution >= 4 is 34.9 Å². The van der Waals surface area contributed by atoms with Crippen molar-refractivity contribution in [3.63, 3.8) is 0 Å². The van der Waals surface area contributed by atoms with Gasteiger partial charge in [0, 0.05) is 12.0 Å². The molecule has 0 saturated heterocycles. The number of halogens is 2. The smallest absolute Gasteiger partial charge is 0.225 e. The minimum absolute atomic E-state index is 0.187. The average molecular weight is 323 g/mol. The summed E-state index contributed by atoms with van der Waals surface area (Å²) in [5.41, 5.74) is 2.05. The summed E-state index contributed by atoms with van der Waals surface area (Å²) in [4.78, 5) is 11.4. The van der Waals surface area contributed by atoms with Crippen LogP contribution in [0.15, 0.2) is 12.1 Å². The Balaban J connectivity index is 2.54. The number of H-pyrrole nitrogens is 1. The number of nitriles is 1. The normalized spacial score (nSPS) is 10.2. The third-order valence-corrected chi connectivity index (χ3v) is 3.98. The molecule has 1 heterocycles. The highest BCUT2D eigenvalue weighted by atomic mass is 35.5. The van der Waals surface area contributed by atoms with E-state index in [0.29, 0.717) is 27.7 Å². The van der Waals surface area contributed by atoms with Gasteiger partial charge in [-0.1, -0.05) is 42.3 Å². The van der Waals surface area contributed by atoms with Gasteiger partial charge in [0.15, 0.2) is 5.82 Å². The number of hydrogen-bond donors (Lipinski definition) is 2. The fourth-order valence-electron chi connectivity index (χ4n) is 1.80. The third-order valence-electron chi connectivity index (χ3n) is 3.00. The summed E-state index contributed by atoms with van der Waals surface area (Å²) in [5.74, 6) is -0.0373. The van der Waals surface area contributed by atoms with Gasteiger partial charge in [-0.05, 0) is 12.5 Å². The number of anilines is 1. The maximum Gasteiger partial charge on any atom is 0.225 e. The molecule has 1 aromatic heterocycles. The van der Waals surface area contributed by atoms with Crippen LogP contribution in [0, 0.1) is 18.3 Å². The molecule has 0 radical (unpaired) electrons. The minimum atomic E-state index is -0.224. The lowest BCUT2D eigenvalue weighted by molar-refractivity contribution is -0.115. The number of amides is 1. The van der Waals surface area contributed by atoms with E-state index in [0.717, 1.165) is 5.56 Å². The number of aryl methyl sites for hydroxylation is 1. The molecule has 7 heteroatoms. The predicted molar refractivity (Wildman–Crippen MR) is 82.4 cm³/mol. The molecule has 0 bridgehead atoms. The van der Waals surface area contributed by atoms with Crippen LogP contribution in [0.25, 0.3) is 11.3 Å². The van der Waals surface area contributed by atoms with E-state index in [1.807, 2.05) is 13.0 Å². The molecule has 0 spiro atoms. The van der Waals surface area contributed by atoms with E-state index in [9.17, 15) is 10.1 Å². The van der Waals surface area contributed by atoms with E-state index in [4.69, 9.17) is 23.2 Å². The second-order valence-electron chi connectivity index (χ2n) is 4.39. The summed E-state index contributed by atoms with van der Waals surface area (Å²) in [7, 11) is 0. The lowest BCUT2D eigenvalue weighted by Crippen LogP contribution is -2.10. The molecule has 2 N–H and O–H groups in total. The number of carbonyl (C=O) groups excluding carboxylic acids is 1. The van der Waals surface area contributed by atoms with Gasteiger partial charge in [0.25, 0.3) is 0 Å². The highest BCUT2D eigenvalue weighted by Gasteiger charge is 2.19. The standard InChI is InChI=1S/C14H12Cl2N4O/c1-3-10(21)18-14-9(6-17)13(19-20-14)8-5-4-7(2)11(15)12(8)16/h4-5H,3H2,1-2H3,(H2,18,19,20,21). The lowest BCUT2D eigenvalue weighted by Gasteiger charge is -2.06. The van der Waals surface area contributed by atoms with Gasteiger partial charge in [-0.2, -0.15) is 10.4 Å². The van der Waals surface area contributed by atoms with Crippen LogP contribution in [0.4, 0.5) is 5.82 Å². The van der Waals surface area contributed by atoms with Crippen LogP contribution >= 0.6 is 23.2 Å². The minimum Gasteiger partial charge on any atom is -0.308 e. The van der Waals surface area contributed by atoms with Gasteiger partial charge in [-0.25, -0.2) is 0 Å². The Labute approximate surface area is 131 Å². The summed E-state index contributed by atoms with van der Waals surface area (Å²) < 4.78 is 0. The summed E-state index contributed by atoms with van der Waals surface area (Å²) in [6, 6.07) is 5.58. The van der Waals surface area contributed by atoms with E-state index < -0.39 is 0 Å². The summed E-state index contributed by atoms with van der Waals surface area (Å²) >= 11 is 12.4. The molecule has 108 valence electrons. The van der Waals surface area contributed by atoms with Gasteiger partial charge >= 0.3 is 0 Å². The molecule has 0 unspecified atom stereocenters. The van der Waals surface area contributed by atoms with Gasteiger partial charge in [0.2, 0.25) is 5.91 Å². The van der Waals surface area contributed by atoms with Crippen molar-refractivity contribution in [1.82, 2.24) is 10.2 Å². The van der Waals surface area contributed by atoms with Crippen LogP contribution in [-0.4, -0.2) is 16.1 Å². The number of hydrogen-bond acceptors (Lipinski definition) is 3. The van der Waals surface area contributed by atoms with E-state index >= 15 is 0 Å². The Bertz CT molecular complexity index is 746. The Morgan fingerprint density at radius 2 is 2.14 bits per heavy atom. The molecule has 1 amide bonds. The van der Waals surface area contributed by atoms with Crippen molar-refractivity contribution in [2.45, 2.75) is 20.3 Å². The summed E-state index contributed by atoms with van der Waals surface area (Å²) in [6.07, 6.45) is 0.296. The lowest BCUT2D eigenvalue weighted by atomic mass is 10.1. The molecule has 1 aromatic carbocycles. The quantitative estimate of drug-likeness (QED) is 0.898. The van der Waals surface area contributed by atoms with Crippen molar-refractivity contribution in [2.75, 3.05) is 5.32 Å². The average Bonchev–Trinajstić information content (AvgIpc) is 2.87. The van der Waals surface area contributed by atoms with Gasteiger partial charge in [-0.15, -0.1) is 0 Å². The zero-order valence-electron chi connectivity index (χ0n) is 11.4. The van der Waals surface area contributed by atoms with Gasteiger partial charge in [-0.3, -0.25) is 9.89 Å². The third kappa shape index (κ3) is 2.87. The fraction of sp³-hybridized carbons (Fsp3) is 0.214. The monoisotopic (exact) mass is 322 g/mol. The number of aromatic amines is 1. The maximum atomic E-state index is 11.4. The van der Waals surface area contributed by atoms with Crippen LogP contribution in [0.3, 0.4) is 0 Å². The largest absolute Gasteiger partial charge is 0.308 e. The summed E-state index contributed by atoms with van der Waals surface area (Å²) in [6.45, 7) is 3.55. The van der Waals surface area contributed by atoms with Crippen LogP contribution in [0.1, 0.15) is 24.5 Å². The first-order valence-corrected chi connectivity index (χ1v) is 6.98. The zero-order chi connectivity index (χ0) is 15.6. The molecule has 0 fully saturated rings. The molecule has 2 rings (SSSR count). The van der Waals surface area contributed by atoms with Crippen molar-refractivity contribution in [1.29, 1.82) is 5.26 Å². The van der Waals surface area contributed by atoms with E-state index in [2.05, 4.69) is 15.5 Å². The first-order valence-electron chi connectivity index (χ1n) is 6.22. The van der Waals surface area contributed by atoms with E-state index in [-0.39, 0.29) is 17.3 Å². The number of carbonyl (C=O) groups is 1. The molecule has 0 aliphatic rings. The van der Waals surface area contributed by atoms with Crippen molar-refractivity contribution < 1.29 is 4.79 Å². The number of rotatable bonds is 3. The fourth-order valence-corrected chi connectivity index (χ4v) is 2.27. The second kappa shape index (κ2) is 6.17. The van der Waals surface area contributed by atoms with Crippen LogP contribution in [0.5, 0.6) is 0 Å². The molecule has 21 heavy (non-hydrogen) atoms. The molecule has 2 aromatic rings. The molecule has 5 nitrogen and oxygen atoms in total. The van der Waals surface area contributed by atoms with Crippen molar-refractivity contribution in [3.05, 3.63) is 33.3 Å². The van der Waals surface area contributed by atoms with Gasteiger partial charge in [0.05, 0.1) is 15.7 Å². The highest BCUT2D eigenvalue weighted by Crippen LogP contribution is 2.37. The maximum absolute atomic E-state index is 11.4. The van der Waals surface area contributed by atoms with Gasteiger partial charge in [0.1, 0.15) is 11.6 Å². The molecule has 0 saturated carbocycles. The zero-order valence-corrected chi connectivity index (χ0v) is 12.9. The highest BCUT2D eigenvalue weighted by molar-refractivity contribution is 6.44. The SMILES string of the molecule is CCC(=O)Nc1n[nH]c(-c2ccc(C)c(Cl)c2Cl)c1C#N. The van der Waals surface area contributed by atoms with E-state index in [1.54, 1.807) is 19.1 Å². The molecular formula is C14H12Cl2N4O. The number of nitrogens with one attached hydrogen (secondary N) is 2. The first-order chi connectivity index (χ1) is 9.99. The van der Waals surface area contributed by atoms with Gasteiger partial charge < -0.3 is 5.32 Å². The number of aromatic nitrogens is 2. The Morgan fingerprint density at radius 3 is 2.76 bits per heavy atom. The van der Waals surface area contributed by atoms with Crippen LogP contribution in [0.2, 0.25) is 10.0 Å². The Kier molecular flexibility index (Phi) is 4.51. The molecule has 0 aliphatic carbocycles. The van der Waals surface area contributed by atoms with Crippen molar-refractivity contribution in [2.24, 2.45) is 0 Å². The second-order valence-corrected chi connectivity index (χ2v) is 5.15. The predicted octanol–water partition coefficient (Wildman–Crippen LogP) is 3.91. The molecule has 0 atom stereocenters. The Morgan fingerprint density at radius 1 is 1.43 bits per heavy atom. The summed E-state index contributed by atoms with van der Waals surface area (Å²) in [5, 5.41) is 19.3. The van der Waals surface area contributed by atoms with E-state index in [1.165, 1.54) is 0 Å². The van der Waals surface area contributed by atoms with Crippen LogP contribution in [-0.2, 0) is 4.79 Å². The number of benzene rings is 1. The van der Waals surface area contributed by atoms with Crippen LogP contribution < -0.4 is 5.32 Å².